The van der Waals surface area contributed by atoms with Crippen molar-refractivity contribution in [3.05, 3.63) is 50.8 Å². The van der Waals surface area contributed by atoms with Crippen molar-refractivity contribution >= 4 is 27.5 Å². The summed E-state index contributed by atoms with van der Waals surface area (Å²) in [5.74, 6) is 0.763. The van der Waals surface area contributed by atoms with E-state index in [1.54, 1.807) is 29.8 Å². The zero-order valence-electron chi connectivity index (χ0n) is 14.1. The molecule has 6 nitrogen and oxygen atoms in total. The minimum absolute atomic E-state index is 0.0481. The highest BCUT2D eigenvalue weighted by atomic mass is 32.1. The van der Waals surface area contributed by atoms with E-state index < -0.39 is 5.97 Å². The van der Waals surface area contributed by atoms with E-state index >= 15 is 0 Å². The van der Waals surface area contributed by atoms with Crippen LogP contribution in [0.5, 0.6) is 0 Å². The van der Waals surface area contributed by atoms with Gasteiger partial charge in [0.05, 0.1) is 25.4 Å². The van der Waals surface area contributed by atoms with Crippen LogP contribution in [0.15, 0.2) is 27.7 Å². The lowest BCUT2D eigenvalue weighted by Crippen LogP contribution is -2.22. The molecule has 7 heteroatoms. The number of nitrogens with zero attached hydrogens (tertiary/aromatic N) is 2. The van der Waals surface area contributed by atoms with Gasteiger partial charge in [0, 0.05) is 4.88 Å². The number of methoxy groups -OCH3 is 1. The number of esters is 1. The number of hydrogen-bond donors (Lipinski definition) is 0. The normalized spacial score (nSPS) is 16.8. The highest BCUT2D eigenvalue weighted by molar-refractivity contribution is 7.18. The first-order valence-corrected chi connectivity index (χ1v) is 9.05. The predicted molar refractivity (Wildman–Crippen MR) is 94.2 cm³/mol. The second-order valence-corrected chi connectivity index (χ2v) is 7.55. The molecule has 3 heterocycles. The molecular weight excluding hydrogens is 340 g/mol. The van der Waals surface area contributed by atoms with E-state index in [2.05, 4.69) is 16.6 Å². The molecular formula is C18H18N2O4S. The monoisotopic (exact) mass is 358 g/mol. The first-order valence-electron chi connectivity index (χ1n) is 8.23. The molecule has 0 bridgehead atoms. The number of fused-ring (bicyclic) bond motifs is 3. The number of carbonyl (C=O) groups is 1. The molecule has 3 aromatic rings. The van der Waals surface area contributed by atoms with E-state index in [1.807, 2.05) is 0 Å². The van der Waals surface area contributed by atoms with Crippen LogP contribution in [-0.2, 0) is 24.1 Å². The van der Waals surface area contributed by atoms with Crippen molar-refractivity contribution in [1.29, 1.82) is 0 Å². The fourth-order valence-corrected chi connectivity index (χ4v) is 4.66. The second kappa shape index (κ2) is 6.15. The number of carbonyl (C=O) groups excluding carboxylic acids is 1. The van der Waals surface area contributed by atoms with Gasteiger partial charge in [0.25, 0.3) is 5.56 Å². The van der Waals surface area contributed by atoms with Gasteiger partial charge >= 0.3 is 5.97 Å². The third kappa shape index (κ3) is 2.78. The van der Waals surface area contributed by atoms with Crippen LogP contribution in [0.2, 0.25) is 0 Å². The Morgan fingerprint density at radius 1 is 1.48 bits per heavy atom. The van der Waals surface area contributed by atoms with Gasteiger partial charge in [-0.25, -0.2) is 9.78 Å². The maximum atomic E-state index is 12.9. The lowest BCUT2D eigenvalue weighted by atomic mass is 9.89. The van der Waals surface area contributed by atoms with E-state index in [1.165, 1.54) is 22.1 Å². The Hall–Kier alpha value is -2.41. The summed E-state index contributed by atoms with van der Waals surface area (Å²) in [5, 5.41) is 0.745. The van der Waals surface area contributed by atoms with Gasteiger partial charge in [0.2, 0.25) is 5.76 Å². The zero-order valence-corrected chi connectivity index (χ0v) is 14.9. The van der Waals surface area contributed by atoms with Gasteiger partial charge in [0.1, 0.15) is 10.6 Å². The summed E-state index contributed by atoms with van der Waals surface area (Å²) in [6, 6.07) is 3.22. The molecule has 3 aromatic heterocycles. The molecule has 0 aliphatic heterocycles. The lowest BCUT2D eigenvalue weighted by Gasteiger charge is -2.17. The van der Waals surface area contributed by atoms with Crippen LogP contribution in [-0.4, -0.2) is 22.6 Å². The van der Waals surface area contributed by atoms with Gasteiger partial charge in [-0.3, -0.25) is 9.36 Å². The molecule has 1 aliphatic rings. The maximum absolute atomic E-state index is 12.9. The van der Waals surface area contributed by atoms with Crippen molar-refractivity contribution in [2.45, 2.75) is 32.7 Å². The highest BCUT2D eigenvalue weighted by Crippen LogP contribution is 2.35. The molecule has 0 aromatic carbocycles. The first kappa shape index (κ1) is 16.1. The number of thiophene rings is 1. The average molecular weight is 358 g/mol. The molecule has 0 unspecified atom stereocenters. The molecule has 0 spiro atoms. The predicted octanol–water partition coefficient (Wildman–Crippen LogP) is 3.01. The summed E-state index contributed by atoms with van der Waals surface area (Å²) < 4.78 is 11.6. The highest BCUT2D eigenvalue weighted by Gasteiger charge is 2.23. The third-order valence-electron chi connectivity index (χ3n) is 4.66. The van der Waals surface area contributed by atoms with Crippen LogP contribution in [0, 0.1) is 5.92 Å². The van der Waals surface area contributed by atoms with Crippen molar-refractivity contribution in [2.75, 3.05) is 7.11 Å². The minimum Gasteiger partial charge on any atom is -0.463 e. The molecule has 25 heavy (non-hydrogen) atoms. The molecule has 0 saturated carbocycles. The van der Waals surface area contributed by atoms with Gasteiger partial charge in [-0.1, -0.05) is 6.92 Å². The summed E-state index contributed by atoms with van der Waals surface area (Å²) in [7, 11) is 1.30. The third-order valence-corrected chi connectivity index (χ3v) is 5.82. The summed E-state index contributed by atoms with van der Waals surface area (Å²) >= 11 is 1.63. The molecule has 4 rings (SSSR count). The summed E-state index contributed by atoms with van der Waals surface area (Å²) in [6.07, 6.45) is 4.62. The molecule has 0 fully saturated rings. The second-order valence-electron chi connectivity index (χ2n) is 6.47. The standard InChI is InChI=1S/C18H18N2O4S/c1-10-3-5-12-14(7-10)25-16-15(12)17(21)20(9-19-16)8-11-4-6-13(24-11)18(22)23-2/h4,6,9-10H,3,5,7-8H2,1-2H3/t10-/m1/s1. The number of ether oxygens (including phenoxy) is 1. The zero-order chi connectivity index (χ0) is 17.6. The topological polar surface area (TPSA) is 74.3 Å². The average Bonchev–Trinajstić information content (AvgIpc) is 3.20. The minimum atomic E-state index is -0.534. The van der Waals surface area contributed by atoms with Crippen LogP contribution in [0.1, 0.15) is 40.1 Å². The summed E-state index contributed by atoms with van der Waals surface area (Å²) in [4.78, 5) is 31.0. The van der Waals surface area contributed by atoms with Gasteiger partial charge in [0.15, 0.2) is 0 Å². The van der Waals surface area contributed by atoms with Crippen LogP contribution in [0.25, 0.3) is 10.2 Å². The Balaban J connectivity index is 1.71. The Kier molecular flexibility index (Phi) is 3.95. The van der Waals surface area contributed by atoms with E-state index in [-0.39, 0.29) is 17.9 Å². The Morgan fingerprint density at radius 3 is 3.12 bits per heavy atom. The van der Waals surface area contributed by atoms with Crippen molar-refractivity contribution in [1.82, 2.24) is 9.55 Å². The van der Waals surface area contributed by atoms with Crippen LogP contribution in [0.3, 0.4) is 0 Å². The molecule has 0 saturated heterocycles. The quantitative estimate of drug-likeness (QED) is 0.673. The SMILES string of the molecule is COC(=O)c1ccc(Cn2cnc3sc4c(c3c2=O)CC[C@@H](C)C4)o1. The van der Waals surface area contributed by atoms with Crippen LogP contribution >= 0.6 is 11.3 Å². The fraction of sp³-hybridized carbons (Fsp3) is 0.389. The number of furan rings is 1. The van der Waals surface area contributed by atoms with Gasteiger partial charge in [-0.05, 0) is 42.9 Å². The van der Waals surface area contributed by atoms with Crippen molar-refractivity contribution in [3.63, 3.8) is 0 Å². The summed E-state index contributed by atoms with van der Waals surface area (Å²) in [5.41, 5.74) is 1.12. The largest absolute Gasteiger partial charge is 0.463 e. The van der Waals surface area contributed by atoms with Gasteiger partial charge in [-0.2, -0.15) is 0 Å². The van der Waals surface area contributed by atoms with Crippen molar-refractivity contribution < 1.29 is 13.9 Å². The van der Waals surface area contributed by atoms with Crippen molar-refractivity contribution in [3.8, 4) is 0 Å². The molecule has 0 radical (unpaired) electrons. The van der Waals surface area contributed by atoms with Crippen LogP contribution < -0.4 is 5.56 Å². The molecule has 0 amide bonds. The fourth-order valence-electron chi connectivity index (χ4n) is 3.32. The Morgan fingerprint density at radius 2 is 2.32 bits per heavy atom. The maximum Gasteiger partial charge on any atom is 0.373 e. The molecule has 130 valence electrons. The molecule has 1 aliphatic carbocycles. The summed E-state index contributed by atoms with van der Waals surface area (Å²) in [6.45, 7) is 2.48. The van der Waals surface area contributed by atoms with Crippen molar-refractivity contribution in [2.24, 2.45) is 5.92 Å². The number of hydrogen-bond acceptors (Lipinski definition) is 6. The Bertz CT molecular complexity index is 1010. The van der Waals surface area contributed by atoms with E-state index in [0.717, 1.165) is 29.5 Å². The van der Waals surface area contributed by atoms with E-state index in [9.17, 15) is 9.59 Å². The Labute approximate surface area is 148 Å². The van der Waals surface area contributed by atoms with Crippen LogP contribution in [0.4, 0.5) is 0 Å². The van der Waals surface area contributed by atoms with E-state index in [0.29, 0.717) is 11.7 Å². The molecule has 1 atom stereocenters. The van der Waals surface area contributed by atoms with Gasteiger partial charge < -0.3 is 9.15 Å². The lowest BCUT2D eigenvalue weighted by molar-refractivity contribution is 0.0563. The van der Waals surface area contributed by atoms with Gasteiger partial charge in [-0.15, -0.1) is 11.3 Å². The number of aryl methyl sites for hydroxylation is 1. The molecule has 0 N–H and O–H groups in total. The number of rotatable bonds is 3. The smallest absolute Gasteiger partial charge is 0.373 e. The van der Waals surface area contributed by atoms with E-state index in [4.69, 9.17) is 4.42 Å². The first-order chi connectivity index (χ1) is 12.1. The number of aromatic nitrogens is 2.